The topological polar surface area (TPSA) is 37.3 Å². The van der Waals surface area contributed by atoms with Gasteiger partial charge in [-0.1, -0.05) is 48.5 Å². The van der Waals surface area contributed by atoms with Crippen LogP contribution in [0.15, 0.2) is 48.5 Å². The molecule has 0 unspecified atom stereocenters. The van der Waals surface area contributed by atoms with E-state index in [2.05, 4.69) is 24.3 Å². The van der Waals surface area contributed by atoms with Gasteiger partial charge in [-0.25, -0.2) is 0 Å². The van der Waals surface area contributed by atoms with E-state index in [-0.39, 0.29) is 11.3 Å². The largest absolute Gasteiger partial charge is 0.481 e. The Kier molecular flexibility index (Phi) is 1.66. The predicted molar refractivity (Wildman–Crippen MR) is 68.4 cm³/mol. The van der Waals surface area contributed by atoms with Gasteiger partial charge in [0.05, 0.1) is 5.92 Å². The molecule has 0 bridgehead atoms. The fourth-order valence-corrected chi connectivity index (χ4v) is 3.52. The summed E-state index contributed by atoms with van der Waals surface area (Å²) in [4.78, 5) is 11.3. The van der Waals surface area contributed by atoms with Gasteiger partial charge in [-0.15, -0.1) is 0 Å². The standard InChI is InChI=1S/C16H12O2/c17-15(18)14-9-16(14)12-7-3-1-5-10(12)11-6-2-4-8-13(11)16/h1-8,14H,9H2,(H,17,18)/t14-/m1/s1. The van der Waals surface area contributed by atoms with E-state index in [0.29, 0.717) is 0 Å². The summed E-state index contributed by atoms with van der Waals surface area (Å²) in [5.74, 6) is -0.941. The van der Waals surface area contributed by atoms with Crippen molar-refractivity contribution in [3.63, 3.8) is 0 Å². The van der Waals surface area contributed by atoms with E-state index in [1.165, 1.54) is 22.3 Å². The lowest BCUT2D eigenvalue weighted by atomic mass is 9.91. The van der Waals surface area contributed by atoms with Gasteiger partial charge < -0.3 is 5.11 Å². The Morgan fingerprint density at radius 2 is 1.50 bits per heavy atom. The van der Waals surface area contributed by atoms with Crippen molar-refractivity contribution in [2.75, 3.05) is 0 Å². The summed E-state index contributed by atoms with van der Waals surface area (Å²) in [6.45, 7) is 0. The third kappa shape index (κ3) is 0.969. The third-order valence-corrected chi connectivity index (χ3v) is 4.36. The molecule has 1 saturated carbocycles. The predicted octanol–water partition coefficient (Wildman–Crippen LogP) is 3.06. The van der Waals surface area contributed by atoms with Gasteiger partial charge in [0.2, 0.25) is 0 Å². The fourth-order valence-electron chi connectivity index (χ4n) is 3.52. The van der Waals surface area contributed by atoms with Crippen molar-refractivity contribution in [1.82, 2.24) is 0 Å². The molecular formula is C16H12O2. The maximum Gasteiger partial charge on any atom is 0.307 e. The highest BCUT2D eigenvalue weighted by Gasteiger charge is 2.64. The van der Waals surface area contributed by atoms with Gasteiger partial charge >= 0.3 is 5.97 Å². The molecule has 2 nitrogen and oxygen atoms in total. The molecule has 0 amide bonds. The van der Waals surface area contributed by atoms with Gasteiger partial charge in [0.1, 0.15) is 0 Å². The number of carboxylic acids is 1. The molecule has 1 atom stereocenters. The first kappa shape index (κ1) is 9.89. The molecule has 1 N–H and O–H groups in total. The molecule has 0 aromatic heterocycles. The Balaban J connectivity index is 2.03. The molecule has 2 aliphatic carbocycles. The van der Waals surface area contributed by atoms with Crippen LogP contribution in [0.4, 0.5) is 0 Å². The van der Waals surface area contributed by atoms with Crippen LogP contribution in [-0.2, 0) is 10.2 Å². The van der Waals surface area contributed by atoms with Crippen LogP contribution in [-0.4, -0.2) is 11.1 Å². The van der Waals surface area contributed by atoms with Gasteiger partial charge in [-0.05, 0) is 28.7 Å². The summed E-state index contributed by atoms with van der Waals surface area (Å²) in [5.41, 5.74) is 4.55. The van der Waals surface area contributed by atoms with Crippen LogP contribution in [0.2, 0.25) is 0 Å². The Hall–Kier alpha value is -2.09. The Morgan fingerprint density at radius 3 is 1.94 bits per heavy atom. The summed E-state index contributed by atoms with van der Waals surface area (Å²) in [5, 5.41) is 9.33. The SMILES string of the molecule is O=C(O)[C@H]1CC12c1ccccc1-c1ccccc12. The zero-order chi connectivity index (χ0) is 12.3. The van der Waals surface area contributed by atoms with Crippen molar-refractivity contribution in [3.05, 3.63) is 59.7 Å². The zero-order valence-corrected chi connectivity index (χ0v) is 9.76. The minimum absolute atomic E-state index is 0.251. The van der Waals surface area contributed by atoms with Crippen molar-refractivity contribution in [2.24, 2.45) is 5.92 Å². The summed E-state index contributed by atoms with van der Waals surface area (Å²) >= 11 is 0. The van der Waals surface area contributed by atoms with E-state index in [0.717, 1.165) is 6.42 Å². The highest BCUT2D eigenvalue weighted by Crippen LogP contribution is 2.66. The van der Waals surface area contributed by atoms with Crippen LogP contribution in [0, 0.1) is 5.92 Å². The van der Waals surface area contributed by atoms with Crippen LogP contribution in [0.5, 0.6) is 0 Å². The first-order valence-electron chi connectivity index (χ1n) is 6.17. The Labute approximate surface area is 105 Å². The van der Waals surface area contributed by atoms with Crippen molar-refractivity contribution in [2.45, 2.75) is 11.8 Å². The number of carboxylic acid groups (broad SMARTS) is 1. The van der Waals surface area contributed by atoms with Gasteiger partial charge in [0.15, 0.2) is 0 Å². The van der Waals surface area contributed by atoms with Crippen LogP contribution in [0.25, 0.3) is 11.1 Å². The second kappa shape index (κ2) is 3.02. The van der Waals surface area contributed by atoms with E-state index in [4.69, 9.17) is 0 Å². The smallest absolute Gasteiger partial charge is 0.307 e. The maximum absolute atomic E-state index is 11.3. The van der Waals surface area contributed by atoms with Crippen LogP contribution < -0.4 is 0 Å². The van der Waals surface area contributed by atoms with Crippen LogP contribution >= 0.6 is 0 Å². The molecular weight excluding hydrogens is 224 g/mol. The van der Waals surface area contributed by atoms with E-state index >= 15 is 0 Å². The number of hydrogen-bond donors (Lipinski definition) is 1. The summed E-state index contributed by atoms with van der Waals surface area (Å²) < 4.78 is 0. The monoisotopic (exact) mass is 236 g/mol. The molecule has 1 fully saturated rings. The summed E-state index contributed by atoms with van der Waals surface area (Å²) in [6, 6.07) is 16.4. The van der Waals surface area contributed by atoms with E-state index in [1.54, 1.807) is 0 Å². The molecule has 4 rings (SSSR count). The molecule has 0 saturated heterocycles. The fraction of sp³-hybridized carbons (Fsp3) is 0.188. The summed E-state index contributed by atoms with van der Waals surface area (Å²) in [7, 11) is 0. The maximum atomic E-state index is 11.3. The van der Waals surface area contributed by atoms with Crippen LogP contribution in [0.1, 0.15) is 17.5 Å². The molecule has 0 heterocycles. The lowest BCUT2D eigenvalue weighted by Gasteiger charge is -2.11. The molecule has 2 heteroatoms. The molecule has 18 heavy (non-hydrogen) atoms. The molecule has 2 aliphatic rings. The Bertz CT molecular complexity index is 627. The average Bonchev–Trinajstić information content (AvgIpc) is 3.09. The van der Waals surface area contributed by atoms with E-state index < -0.39 is 5.97 Å². The molecule has 1 spiro atoms. The number of aliphatic carboxylic acids is 1. The van der Waals surface area contributed by atoms with Gasteiger partial charge in [0.25, 0.3) is 0 Å². The van der Waals surface area contributed by atoms with Crippen molar-refractivity contribution in [1.29, 1.82) is 0 Å². The molecule has 88 valence electrons. The first-order valence-corrected chi connectivity index (χ1v) is 6.17. The van der Waals surface area contributed by atoms with Gasteiger partial charge in [-0.3, -0.25) is 4.79 Å². The van der Waals surface area contributed by atoms with Crippen molar-refractivity contribution in [3.8, 4) is 11.1 Å². The number of fused-ring (bicyclic) bond motifs is 5. The highest BCUT2D eigenvalue weighted by molar-refractivity contribution is 5.89. The quantitative estimate of drug-likeness (QED) is 0.826. The minimum Gasteiger partial charge on any atom is -0.481 e. The van der Waals surface area contributed by atoms with E-state index in [1.807, 2.05) is 24.3 Å². The van der Waals surface area contributed by atoms with E-state index in [9.17, 15) is 9.90 Å². The first-order chi connectivity index (χ1) is 8.75. The second-order valence-corrected chi connectivity index (χ2v) is 5.16. The average molecular weight is 236 g/mol. The minimum atomic E-state index is -0.679. The number of benzene rings is 2. The third-order valence-electron chi connectivity index (χ3n) is 4.36. The zero-order valence-electron chi connectivity index (χ0n) is 9.76. The lowest BCUT2D eigenvalue weighted by molar-refractivity contribution is -0.138. The highest BCUT2D eigenvalue weighted by atomic mass is 16.4. The van der Waals surface area contributed by atoms with Crippen LogP contribution in [0.3, 0.4) is 0 Å². The van der Waals surface area contributed by atoms with Crippen molar-refractivity contribution >= 4 is 5.97 Å². The van der Waals surface area contributed by atoms with Gasteiger partial charge in [-0.2, -0.15) is 0 Å². The summed E-state index contributed by atoms with van der Waals surface area (Å²) in [6.07, 6.45) is 0.733. The van der Waals surface area contributed by atoms with Crippen molar-refractivity contribution < 1.29 is 9.90 Å². The van der Waals surface area contributed by atoms with Gasteiger partial charge in [0, 0.05) is 5.41 Å². The lowest BCUT2D eigenvalue weighted by Crippen LogP contribution is -2.13. The normalized spacial score (nSPS) is 21.4. The number of rotatable bonds is 1. The number of hydrogen-bond acceptors (Lipinski definition) is 1. The molecule has 2 aromatic carbocycles. The second-order valence-electron chi connectivity index (χ2n) is 5.16. The molecule has 0 aliphatic heterocycles. The molecule has 2 aromatic rings. The number of carbonyl (C=O) groups is 1. The molecule has 0 radical (unpaired) electrons. The Morgan fingerprint density at radius 1 is 1.00 bits per heavy atom.